The third-order valence-corrected chi connectivity index (χ3v) is 5.76. The van der Waals surface area contributed by atoms with Gasteiger partial charge in [0.2, 0.25) is 0 Å². The van der Waals surface area contributed by atoms with Crippen molar-refractivity contribution >= 4 is 57.2 Å². The van der Waals surface area contributed by atoms with E-state index in [0.29, 0.717) is 29.5 Å². The maximum atomic E-state index is 12.8. The van der Waals surface area contributed by atoms with Crippen molar-refractivity contribution in [2.45, 2.75) is 39.3 Å². The van der Waals surface area contributed by atoms with Crippen molar-refractivity contribution in [1.82, 2.24) is 10.7 Å². The molecule has 0 saturated carbocycles. The summed E-state index contributed by atoms with van der Waals surface area (Å²) < 4.78 is 11.9. The predicted molar refractivity (Wildman–Crippen MR) is 144 cm³/mol. The number of rotatable bonds is 12. The molecule has 0 unspecified atom stereocenters. The Hall–Kier alpha value is -2.55. The highest BCUT2D eigenvalue weighted by Gasteiger charge is 2.25. The van der Waals surface area contributed by atoms with E-state index in [0.717, 1.165) is 10.0 Å². The van der Waals surface area contributed by atoms with Crippen LogP contribution in [0.2, 0.25) is 10.0 Å². The molecule has 0 bridgehead atoms. The molecule has 0 heterocycles. The highest BCUT2D eigenvalue weighted by atomic mass is 79.9. The van der Waals surface area contributed by atoms with Crippen molar-refractivity contribution in [2.24, 2.45) is 11.0 Å². The molecule has 0 spiro atoms. The lowest BCUT2D eigenvalue weighted by Crippen LogP contribution is -2.49. The van der Waals surface area contributed by atoms with E-state index in [4.69, 9.17) is 32.7 Å². The van der Waals surface area contributed by atoms with Crippen LogP contribution in [-0.4, -0.2) is 36.8 Å². The van der Waals surface area contributed by atoms with Crippen LogP contribution in [0.3, 0.4) is 0 Å². The molecule has 0 saturated heterocycles. The fourth-order valence-corrected chi connectivity index (χ4v) is 3.88. The average Bonchev–Trinajstić information content (AvgIpc) is 2.79. The summed E-state index contributed by atoms with van der Waals surface area (Å²) in [4.78, 5) is 25.5. The Kier molecular flexibility index (Phi) is 11.6. The zero-order chi connectivity index (χ0) is 26.0. The molecule has 35 heavy (non-hydrogen) atoms. The zero-order valence-electron chi connectivity index (χ0n) is 19.7. The molecule has 0 fully saturated rings. The summed E-state index contributed by atoms with van der Waals surface area (Å²) in [7, 11) is 0. The number of hydrogen-bond donors (Lipinski definition) is 2. The van der Waals surface area contributed by atoms with Crippen molar-refractivity contribution in [3.63, 3.8) is 0 Å². The van der Waals surface area contributed by atoms with Crippen LogP contribution in [0.15, 0.2) is 58.6 Å². The van der Waals surface area contributed by atoms with E-state index in [1.165, 1.54) is 12.3 Å². The lowest BCUT2D eigenvalue weighted by Gasteiger charge is -2.22. The van der Waals surface area contributed by atoms with Gasteiger partial charge in [0.15, 0.2) is 6.10 Å². The van der Waals surface area contributed by atoms with Gasteiger partial charge in [0, 0.05) is 5.02 Å². The molecule has 7 nitrogen and oxygen atoms in total. The molecule has 2 N–H and O–H groups in total. The molecule has 2 amide bonds. The van der Waals surface area contributed by atoms with Gasteiger partial charge in [-0.05, 0) is 77.2 Å². The number of hydrazone groups is 1. The lowest BCUT2D eigenvalue weighted by atomic mass is 10.0. The van der Waals surface area contributed by atoms with Gasteiger partial charge < -0.3 is 14.8 Å². The molecule has 0 aliphatic rings. The third kappa shape index (κ3) is 9.55. The van der Waals surface area contributed by atoms with Gasteiger partial charge in [-0.25, -0.2) is 5.43 Å². The van der Waals surface area contributed by atoms with Crippen LogP contribution in [0.25, 0.3) is 0 Å². The SMILES string of the molecule is C=CCOc1ccc(/C=N\NC(=O)[C@H](CC(C)C)NC(=O)[C@@H](C)Oc2ccc(Cl)cc2Cl)cc1Br. The van der Waals surface area contributed by atoms with Crippen molar-refractivity contribution in [3.05, 3.63) is 69.1 Å². The minimum absolute atomic E-state index is 0.149. The van der Waals surface area contributed by atoms with Gasteiger partial charge >= 0.3 is 0 Å². The van der Waals surface area contributed by atoms with Crippen LogP contribution < -0.4 is 20.2 Å². The van der Waals surface area contributed by atoms with Gasteiger partial charge in [0.25, 0.3) is 11.8 Å². The number of carbonyl (C=O) groups excluding carboxylic acids is 2. The van der Waals surface area contributed by atoms with E-state index >= 15 is 0 Å². The summed E-state index contributed by atoms with van der Waals surface area (Å²) in [6, 6.07) is 9.31. The fraction of sp³-hybridized carbons (Fsp3) is 0.320. The Balaban J connectivity index is 2.00. The van der Waals surface area contributed by atoms with Crippen LogP contribution in [0, 0.1) is 5.92 Å². The minimum Gasteiger partial charge on any atom is -0.488 e. The second-order valence-electron chi connectivity index (χ2n) is 8.05. The Labute approximate surface area is 224 Å². The van der Waals surface area contributed by atoms with Crippen molar-refractivity contribution in [2.75, 3.05) is 6.61 Å². The Morgan fingerprint density at radius 2 is 1.83 bits per heavy atom. The smallest absolute Gasteiger partial charge is 0.262 e. The average molecular weight is 585 g/mol. The lowest BCUT2D eigenvalue weighted by molar-refractivity contribution is -0.132. The molecule has 10 heteroatoms. The number of halogens is 3. The number of hydrogen-bond acceptors (Lipinski definition) is 5. The monoisotopic (exact) mass is 583 g/mol. The van der Waals surface area contributed by atoms with Crippen LogP contribution in [0.5, 0.6) is 11.5 Å². The Morgan fingerprint density at radius 3 is 2.46 bits per heavy atom. The largest absolute Gasteiger partial charge is 0.488 e. The first-order valence-electron chi connectivity index (χ1n) is 10.9. The van der Waals surface area contributed by atoms with E-state index in [1.807, 2.05) is 19.9 Å². The number of carbonyl (C=O) groups is 2. The molecule has 188 valence electrons. The fourth-order valence-electron chi connectivity index (χ4n) is 2.92. The topological polar surface area (TPSA) is 89.0 Å². The van der Waals surface area contributed by atoms with Crippen molar-refractivity contribution in [3.8, 4) is 11.5 Å². The molecular formula is C25H28BrCl2N3O4. The van der Waals surface area contributed by atoms with Gasteiger partial charge in [-0.15, -0.1) is 0 Å². The van der Waals surface area contributed by atoms with Gasteiger partial charge in [0.1, 0.15) is 24.1 Å². The number of nitrogens with zero attached hydrogens (tertiary/aromatic N) is 1. The summed E-state index contributed by atoms with van der Waals surface area (Å²) in [6.45, 7) is 9.49. The number of benzene rings is 2. The number of amides is 2. The van der Waals surface area contributed by atoms with Gasteiger partial charge in [-0.2, -0.15) is 5.10 Å². The molecule has 2 aromatic rings. The number of ether oxygens (including phenoxy) is 2. The maximum absolute atomic E-state index is 12.8. The first kappa shape index (κ1) is 28.7. The van der Waals surface area contributed by atoms with Crippen LogP contribution in [-0.2, 0) is 9.59 Å². The molecule has 2 rings (SSSR count). The summed E-state index contributed by atoms with van der Waals surface area (Å²) in [5.74, 6) is 0.239. The highest BCUT2D eigenvalue weighted by molar-refractivity contribution is 9.10. The molecule has 0 radical (unpaired) electrons. The summed E-state index contributed by atoms with van der Waals surface area (Å²) >= 11 is 15.5. The summed E-state index contributed by atoms with van der Waals surface area (Å²) in [6.07, 6.45) is 2.69. The third-order valence-electron chi connectivity index (χ3n) is 4.61. The molecule has 0 aliphatic carbocycles. The standard InChI is InChI=1S/C25H28BrCl2N3O4/c1-5-10-34-22-8-6-17(12-19(22)26)14-29-31-25(33)21(11-15(2)3)30-24(32)16(4)35-23-9-7-18(27)13-20(23)28/h5-9,12-16,21H,1,10-11H2,2-4H3,(H,30,32)(H,31,33)/b29-14-/t16-,21+/m1/s1. The Morgan fingerprint density at radius 1 is 1.11 bits per heavy atom. The van der Waals surface area contributed by atoms with E-state index in [-0.39, 0.29) is 10.9 Å². The minimum atomic E-state index is -0.890. The van der Waals surface area contributed by atoms with E-state index in [9.17, 15) is 9.59 Å². The van der Waals surface area contributed by atoms with Gasteiger partial charge in [-0.1, -0.05) is 49.7 Å². The van der Waals surface area contributed by atoms with Crippen molar-refractivity contribution < 1.29 is 19.1 Å². The quantitative estimate of drug-likeness (QED) is 0.188. The van der Waals surface area contributed by atoms with Gasteiger partial charge in [0.05, 0.1) is 15.7 Å². The maximum Gasteiger partial charge on any atom is 0.262 e. The summed E-state index contributed by atoms with van der Waals surface area (Å²) in [5.41, 5.74) is 3.24. The molecular weight excluding hydrogens is 557 g/mol. The van der Waals surface area contributed by atoms with Crippen LogP contribution in [0.4, 0.5) is 0 Å². The normalized spacial score (nSPS) is 12.8. The highest BCUT2D eigenvalue weighted by Crippen LogP contribution is 2.28. The molecule has 2 aromatic carbocycles. The Bertz CT molecular complexity index is 1080. The second-order valence-corrected chi connectivity index (χ2v) is 9.75. The predicted octanol–water partition coefficient (Wildman–Crippen LogP) is 5.77. The molecule has 0 aromatic heterocycles. The van der Waals surface area contributed by atoms with Crippen LogP contribution in [0.1, 0.15) is 32.8 Å². The zero-order valence-corrected chi connectivity index (χ0v) is 22.8. The summed E-state index contributed by atoms with van der Waals surface area (Å²) in [5, 5.41) is 7.50. The molecule has 0 aliphatic heterocycles. The first-order chi connectivity index (χ1) is 16.6. The second kappa shape index (κ2) is 14.1. The first-order valence-corrected chi connectivity index (χ1v) is 12.4. The van der Waals surface area contributed by atoms with Crippen molar-refractivity contribution in [1.29, 1.82) is 0 Å². The van der Waals surface area contributed by atoms with Crippen LogP contribution >= 0.6 is 39.1 Å². The van der Waals surface area contributed by atoms with Gasteiger partial charge in [-0.3, -0.25) is 9.59 Å². The molecule has 2 atom stereocenters. The van der Waals surface area contributed by atoms with E-state index in [1.54, 1.807) is 37.3 Å². The van der Waals surface area contributed by atoms with E-state index in [2.05, 4.69) is 38.4 Å². The number of nitrogens with one attached hydrogen (secondary N) is 2. The van der Waals surface area contributed by atoms with E-state index < -0.39 is 24.0 Å².